The minimum Gasteiger partial charge on any atom is -0.355 e. The highest BCUT2D eigenvalue weighted by Crippen LogP contribution is 2.14. The molecule has 1 aromatic carbocycles. The van der Waals surface area contributed by atoms with Crippen molar-refractivity contribution in [1.29, 1.82) is 5.26 Å². The summed E-state index contributed by atoms with van der Waals surface area (Å²) in [7, 11) is 0. The summed E-state index contributed by atoms with van der Waals surface area (Å²) in [6.45, 7) is 2.52. The first kappa shape index (κ1) is 14.8. The third-order valence-electron chi connectivity index (χ3n) is 3.38. The number of aromatic nitrogens is 2. The number of carbonyl (C=O) groups is 1. The van der Waals surface area contributed by atoms with Crippen LogP contribution in [0.25, 0.3) is 0 Å². The van der Waals surface area contributed by atoms with Crippen LogP contribution in [0.4, 0.5) is 0 Å². The Morgan fingerprint density at radius 3 is 2.81 bits per heavy atom. The Hall–Kier alpha value is -2.61. The fourth-order valence-electron chi connectivity index (χ4n) is 2.15. The number of nitrogens with zero attached hydrogens (tertiary/aromatic N) is 2. The molecule has 108 valence electrons. The molecule has 0 radical (unpaired) electrons. The molecule has 0 aliphatic carbocycles. The number of amides is 1. The summed E-state index contributed by atoms with van der Waals surface area (Å²) in [5, 5.41) is 18.8. The summed E-state index contributed by atoms with van der Waals surface area (Å²) < 4.78 is 0. The van der Waals surface area contributed by atoms with Crippen LogP contribution < -0.4 is 5.32 Å². The van der Waals surface area contributed by atoms with Gasteiger partial charge in [0, 0.05) is 12.2 Å². The van der Waals surface area contributed by atoms with E-state index in [9.17, 15) is 4.79 Å². The van der Waals surface area contributed by atoms with Crippen LogP contribution in [0.15, 0.2) is 36.5 Å². The lowest BCUT2D eigenvalue weighted by atomic mass is 10.00. The molecule has 1 atom stereocenters. The minimum atomic E-state index is -0.748. The van der Waals surface area contributed by atoms with E-state index in [0.29, 0.717) is 6.54 Å². The summed E-state index contributed by atoms with van der Waals surface area (Å²) in [4.78, 5) is 12.1. The Balaban J connectivity index is 1.81. The second kappa shape index (κ2) is 7.25. The molecule has 2 N–H and O–H groups in total. The van der Waals surface area contributed by atoms with E-state index in [1.165, 1.54) is 0 Å². The SMILES string of the molecule is Cc1[nH]ncc1CCCNC(=O)C(C#N)c1ccccc1. The maximum absolute atomic E-state index is 12.1. The average Bonchev–Trinajstić information content (AvgIpc) is 2.91. The van der Waals surface area contributed by atoms with Crippen molar-refractivity contribution in [1.82, 2.24) is 15.5 Å². The van der Waals surface area contributed by atoms with E-state index in [0.717, 1.165) is 29.7 Å². The highest BCUT2D eigenvalue weighted by Gasteiger charge is 2.19. The van der Waals surface area contributed by atoms with Gasteiger partial charge in [-0.3, -0.25) is 9.89 Å². The van der Waals surface area contributed by atoms with Crippen molar-refractivity contribution in [2.24, 2.45) is 0 Å². The molecular weight excluding hydrogens is 264 g/mol. The fourth-order valence-corrected chi connectivity index (χ4v) is 2.15. The first-order valence-electron chi connectivity index (χ1n) is 6.93. The second-order valence-corrected chi connectivity index (χ2v) is 4.89. The molecule has 0 bridgehead atoms. The van der Waals surface area contributed by atoms with Crippen molar-refractivity contribution in [2.75, 3.05) is 6.54 Å². The number of nitrogens with one attached hydrogen (secondary N) is 2. The molecule has 5 heteroatoms. The van der Waals surface area contributed by atoms with Crippen LogP contribution in [-0.4, -0.2) is 22.6 Å². The van der Waals surface area contributed by atoms with Gasteiger partial charge >= 0.3 is 0 Å². The largest absolute Gasteiger partial charge is 0.355 e. The Labute approximate surface area is 124 Å². The van der Waals surface area contributed by atoms with Gasteiger partial charge in [0.05, 0.1) is 12.3 Å². The third-order valence-corrected chi connectivity index (χ3v) is 3.38. The highest BCUT2D eigenvalue weighted by molar-refractivity contribution is 5.86. The van der Waals surface area contributed by atoms with E-state index in [1.54, 1.807) is 18.3 Å². The molecule has 2 rings (SSSR count). The van der Waals surface area contributed by atoms with Crippen LogP contribution in [0.5, 0.6) is 0 Å². The number of nitriles is 1. The zero-order chi connectivity index (χ0) is 15.1. The maximum atomic E-state index is 12.1. The standard InChI is InChI=1S/C16H18N4O/c1-12-14(11-19-20-12)8-5-9-18-16(21)15(10-17)13-6-3-2-4-7-13/h2-4,6-7,11,15H,5,8-9H2,1H3,(H,18,21)(H,19,20). The number of benzene rings is 1. The van der Waals surface area contributed by atoms with Gasteiger partial charge in [0.1, 0.15) is 5.92 Å². The van der Waals surface area contributed by atoms with Crippen LogP contribution in [0.1, 0.15) is 29.2 Å². The summed E-state index contributed by atoms with van der Waals surface area (Å²) >= 11 is 0. The Morgan fingerprint density at radius 2 is 2.19 bits per heavy atom. The Bertz CT molecular complexity index is 627. The molecule has 0 saturated carbocycles. The first-order chi connectivity index (χ1) is 10.2. The monoisotopic (exact) mass is 282 g/mol. The number of hydrogen-bond acceptors (Lipinski definition) is 3. The van der Waals surface area contributed by atoms with Gasteiger partial charge in [0.25, 0.3) is 0 Å². The predicted octanol–water partition coefficient (Wildman–Crippen LogP) is 2.07. The van der Waals surface area contributed by atoms with E-state index >= 15 is 0 Å². The Kier molecular flexibility index (Phi) is 5.10. The van der Waals surface area contributed by atoms with Gasteiger partial charge in [-0.05, 0) is 30.9 Å². The Morgan fingerprint density at radius 1 is 1.43 bits per heavy atom. The zero-order valence-corrected chi connectivity index (χ0v) is 12.0. The highest BCUT2D eigenvalue weighted by atomic mass is 16.1. The number of aromatic amines is 1. The quantitative estimate of drug-likeness (QED) is 0.796. The summed E-state index contributed by atoms with van der Waals surface area (Å²) in [5.41, 5.74) is 2.94. The van der Waals surface area contributed by atoms with Gasteiger partial charge in [-0.1, -0.05) is 30.3 Å². The van der Waals surface area contributed by atoms with Crippen molar-refractivity contribution < 1.29 is 4.79 Å². The molecule has 21 heavy (non-hydrogen) atoms. The molecule has 5 nitrogen and oxygen atoms in total. The summed E-state index contributed by atoms with van der Waals surface area (Å²) in [6, 6.07) is 11.2. The van der Waals surface area contributed by atoms with Crippen molar-refractivity contribution in [3.63, 3.8) is 0 Å². The van der Waals surface area contributed by atoms with E-state index in [-0.39, 0.29) is 5.91 Å². The van der Waals surface area contributed by atoms with Crippen LogP contribution >= 0.6 is 0 Å². The van der Waals surface area contributed by atoms with E-state index in [1.807, 2.05) is 25.1 Å². The molecule has 1 amide bonds. The fraction of sp³-hybridized carbons (Fsp3) is 0.312. The van der Waals surface area contributed by atoms with Crippen LogP contribution in [0.3, 0.4) is 0 Å². The topological polar surface area (TPSA) is 81.6 Å². The molecule has 1 unspecified atom stereocenters. The summed E-state index contributed by atoms with van der Waals surface area (Å²) in [5.74, 6) is -0.991. The van der Waals surface area contributed by atoms with Gasteiger partial charge in [0.15, 0.2) is 0 Å². The lowest BCUT2D eigenvalue weighted by Gasteiger charge is -2.10. The molecule has 0 aliphatic rings. The molecule has 1 heterocycles. The third kappa shape index (κ3) is 3.93. The van der Waals surface area contributed by atoms with Crippen molar-refractivity contribution >= 4 is 5.91 Å². The molecule has 1 aromatic heterocycles. The van der Waals surface area contributed by atoms with Crippen molar-refractivity contribution in [2.45, 2.75) is 25.7 Å². The molecule has 0 fully saturated rings. The van der Waals surface area contributed by atoms with Crippen molar-refractivity contribution in [3.8, 4) is 6.07 Å². The normalized spacial score (nSPS) is 11.6. The van der Waals surface area contributed by atoms with Crippen LogP contribution in [0, 0.1) is 18.3 Å². The van der Waals surface area contributed by atoms with Crippen molar-refractivity contribution in [3.05, 3.63) is 53.3 Å². The number of H-pyrrole nitrogens is 1. The molecule has 2 aromatic rings. The maximum Gasteiger partial charge on any atom is 0.241 e. The number of aryl methyl sites for hydroxylation is 2. The predicted molar refractivity (Wildman–Crippen MR) is 79.5 cm³/mol. The van der Waals surface area contributed by atoms with E-state index < -0.39 is 5.92 Å². The summed E-state index contributed by atoms with van der Waals surface area (Å²) in [6.07, 6.45) is 3.48. The van der Waals surface area contributed by atoms with Gasteiger partial charge in [-0.25, -0.2) is 0 Å². The molecular formula is C16H18N4O. The average molecular weight is 282 g/mol. The first-order valence-corrected chi connectivity index (χ1v) is 6.93. The lowest BCUT2D eigenvalue weighted by Crippen LogP contribution is -2.29. The minimum absolute atomic E-state index is 0.243. The number of hydrogen-bond donors (Lipinski definition) is 2. The van der Waals surface area contributed by atoms with E-state index in [4.69, 9.17) is 5.26 Å². The molecule has 0 spiro atoms. The molecule has 0 aliphatic heterocycles. The van der Waals surface area contributed by atoms with Gasteiger partial charge in [-0.2, -0.15) is 10.4 Å². The number of rotatable bonds is 6. The van der Waals surface area contributed by atoms with Gasteiger partial charge in [-0.15, -0.1) is 0 Å². The van der Waals surface area contributed by atoms with Gasteiger partial charge in [0.2, 0.25) is 5.91 Å². The lowest BCUT2D eigenvalue weighted by molar-refractivity contribution is -0.121. The zero-order valence-electron chi connectivity index (χ0n) is 12.0. The van der Waals surface area contributed by atoms with E-state index in [2.05, 4.69) is 21.6 Å². The molecule has 0 saturated heterocycles. The smallest absolute Gasteiger partial charge is 0.241 e. The van der Waals surface area contributed by atoms with Crippen LogP contribution in [0.2, 0.25) is 0 Å². The van der Waals surface area contributed by atoms with Gasteiger partial charge < -0.3 is 5.32 Å². The second-order valence-electron chi connectivity index (χ2n) is 4.89. The number of carbonyl (C=O) groups excluding carboxylic acids is 1. The van der Waals surface area contributed by atoms with Crippen LogP contribution in [-0.2, 0) is 11.2 Å².